The molecule has 13 nitrogen and oxygen atoms in total. The van der Waals surface area contributed by atoms with Crippen molar-refractivity contribution in [1.82, 2.24) is 15.9 Å². The first kappa shape index (κ1) is 26.1. The van der Waals surface area contributed by atoms with E-state index in [1.54, 1.807) is 5.48 Å². The van der Waals surface area contributed by atoms with Crippen molar-refractivity contribution in [2.24, 2.45) is 11.5 Å². The molecule has 0 rings (SSSR count). The highest BCUT2D eigenvalue weighted by molar-refractivity contribution is 7.85. The molecule has 0 aromatic rings. The van der Waals surface area contributed by atoms with Crippen LogP contribution in [0.2, 0.25) is 0 Å². The average molecular weight is 399 g/mol. The van der Waals surface area contributed by atoms with Crippen molar-refractivity contribution in [1.29, 1.82) is 0 Å². The molecule has 0 saturated heterocycles. The number of hydroxylamine groups is 3. The van der Waals surface area contributed by atoms with E-state index in [1.807, 2.05) is 0 Å². The molecule has 0 spiro atoms. The molecule has 0 atom stereocenters. The zero-order valence-electron chi connectivity index (χ0n) is 14.2. The van der Waals surface area contributed by atoms with Gasteiger partial charge in [0.25, 0.3) is 10.1 Å². The predicted molar refractivity (Wildman–Crippen MR) is 89.1 cm³/mol. The Bertz CT molecular complexity index is 574. The van der Waals surface area contributed by atoms with Crippen LogP contribution in [0.4, 0.5) is 0 Å². The van der Waals surface area contributed by atoms with Gasteiger partial charge >= 0.3 is 0 Å². The van der Waals surface area contributed by atoms with Gasteiger partial charge < -0.3 is 27.2 Å². The molecule has 0 aromatic heterocycles. The van der Waals surface area contributed by atoms with Crippen LogP contribution in [0.3, 0.4) is 0 Å². The summed E-state index contributed by atoms with van der Waals surface area (Å²) < 4.78 is 29.0. The maximum absolute atomic E-state index is 10.8. The van der Waals surface area contributed by atoms with Crippen LogP contribution in [-0.4, -0.2) is 71.6 Å². The van der Waals surface area contributed by atoms with Crippen LogP contribution in [0.1, 0.15) is 19.8 Å². The number of amides is 3. The van der Waals surface area contributed by atoms with Crippen molar-refractivity contribution in [3.63, 3.8) is 0 Å². The summed E-state index contributed by atoms with van der Waals surface area (Å²) in [6.45, 7) is 1.42. The number of hydrogen-bond acceptors (Lipinski definition) is 9. The Kier molecular flexibility index (Phi) is 14.2. The van der Waals surface area contributed by atoms with Crippen molar-refractivity contribution in [3.05, 3.63) is 11.8 Å². The van der Waals surface area contributed by atoms with Crippen LogP contribution in [-0.2, 0) is 24.5 Å². The fourth-order valence-electron chi connectivity index (χ4n) is 1.21. The lowest BCUT2D eigenvalue weighted by molar-refractivity contribution is -0.128. The van der Waals surface area contributed by atoms with E-state index in [0.29, 0.717) is 0 Å². The van der Waals surface area contributed by atoms with Gasteiger partial charge in [0.1, 0.15) is 6.54 Å². The van der Waals surface area contributed by atoms with Crippen LogP contribution in [0, 0.1) is 0 Å². The lowest BCUT2D eigenvalue weighted by atomic mass is 10.3. The third kappa shape index (κ3) is 21.9. The zero-order chi connectivity index (χ0) is 20.8. The first-order chi connectivity index (χ1) is 11.9. The topological polar surface area (TPSA) is 225 Å². The minimum Gasteiger partial charge on any atom is -0.370 e. The van der Waals surface area contributed by atoms with E-state index in [1.165, 1.54) is 6.92 Å². The minimum absolute atomic E-state index is 0.0647. The van der Waals surface area contributed by atoms with Gasteiger partial charge in [0.2, 0.25) is 17.7 Å². The molecule has 26 heavy (non-hydrogen) atoms. The Hall–Kier alpha value is -2.10. The van der Waals surface area contributed by atoms with E-state index < -0.39 is 33.6 Å². The van der Waals surface area contributed by atoms with Gasteiger partial charge in [0.05, 0.1) is 5.75 Å². The van der Waals surface area contributed by atoms with Crippen LogP contribution >= 0.6 is 0 Å². The van der Waals surface area contributed by atoms with Crippen LogP contribution < -0.4 is 22.3 Å². The van der Waals surface area contributed by atoms with Gasteiger partial charge in [0.15, 0.2) is 0 Å². The van der Waals surface area contributed by atoms with Gasteiger partial charge in [-0.2, -0.15) is 19.0 Å². The third-order valence-corrected chi connectivity index (χ3v) is 3.00. The van der Waals surface area contributed by atoms with Gasteiger partial charge in [-0.3, -0.25) is 18.9 Å². The molecule has 0 unspecified atom stereocenters. The van der Waals surface area contributed by atoms with Crippen molar-refractivity contribution in [2.45, 2.75) is 19.8 Å². The van der Waals surface area contributed by atoms with Crippen molar-refractivity contribution < 1.29 is 37.8 Å². The van der Waals surface area contributed by atoms with E-state index in [0.717, 1.165) is 11.1 Å². The fourth-order valence-corrected chi connectivity index (χ4v) is 1.67. The summed E-state index contributed by atoms with van der Waals surface area (Å²) >= 11 is 0. The molecular weight excluding hydrogens is 374 g/mol. The normalized spacial score (nSPS) is 11.5. The molecule has 152 valence electrons. The molecule has 0 saturated carbocycles. The molecule has 0 aliphatic heterocycles. The molecule has 0 heterocycles. The van der Waals surface area contributed by atoms with E-state index in [-0.39, 0.29) is 38.2 Å². The molecule has 0 aromatic carbocycles. The predicted octanol–water partition coefficient (Wildman–Crippen LogP) is -2.70. The summed E-state index contributed by atoms with van der Waals surface area (Å²) in [5.74, 6) is -2.07. The maximum Gasteiger partial charge on any atom is 0.268 e. The average Bonchev–Trinajstić information content (AvgIpc) is 2.49. The molecule has 14 heteroatoms. The van der Waals surface area contributed by atoms with Gasteiger partial charge in [-0.1, -0.05) is 0 Å². The lowest BCUT2D eigenvalue weighted by Crippen LogP contribution is -2.31. The molecule has 0 bridgehead atoms. The second-order valence-corrected chi connectivity index (χ2v) is 6.40. The Morgan fingerprint density at radius 2 is 1.58 bits per heavy atom. The number of carbonyl (C=O) groups excluding carboxylic acids is 3. The number of primary amides is 2. The number of hydrogen-bond donors (Lipinski definition) is 7. The number of nitrogens with two attached hydrogens (primary N) is 2. The van der Waals surface area contributed by atoms with E-state index in [4.69, 9.17) is 26.4 Å². The quantitative estimate of drug-likeness (QED) is 0.140. The van der Waals surface area contributed by atoms with Crippen molar-refractivity contribution in [2.75, 3.05) is 25.4 Å². The maximum atomic E-state index is 10.8. The Morgan fingerprint density at radius 1 is 1.12 bits per heavy atom. The molecular formula is C12H25N5O8S. The summed E-state index contributed by atoms with van der Waals surface area (Å²) in [7, 11) is -4.06. The van der Waals surface area contributed by atoms with Gasteiger partial charge in [-0.25, -0.2) is 0 Å². The number of nitrogens with one attached hydrogen (secondary N) is 2. The third-order valence-electron chi connectivity index (χ3n) is 2.41. The van der Waals surface area contributed by atoms with Crippen molar-refractivity contribution in [3.8, 4) is 0 Å². The van der Waals surface area contributed by atoms with Gasteiger partial charge in [0, 0.05) is 31.6 Å². The van der Waals surface area contributed by atoms with Crippen LogP contribution in [0.15, 0.2) is 11.8 Å². The number of nitrogens with zero attached hydrogens (tertiary/aromatic N) is 1. The summed E-state index contributed by atoms with van der Waals surface area (Å²) in [5.41, 5.74) is 11.6. The Balaban J connectivity index is 0. The second-order valence-electron chi connectivity index (χ2n) is 4.91. The number of carbonyl (C=O) groups is 3. The lowest BCUT2D eigenvalue weighted by Gasteiger charge is -2.11. The largest absolute Gasteiger partial charge is 0.370 e. The summed E-state index contributed by atoms with van der Waals surface area (Å²) in [6, 6.07) is 0. The van der Waals surface area contributed by atoms with Crippen LogP contribution in [0.5, 0.6) is 0 Å². The summed E-state index contributed by atoms with van der Waals surface area (Å²) in [6.07, 6.45) is 1.27. The van der Waals surface area contributed by atoms with E-state index in [2.05, 4.69) is 5.32 Å². The van der Waals surface area contributed by atoms with Crippen LogP contribution in [0.25, 0.3) is 0 Å². The highest BCUT2D eigenvalue weighted by atomic mass is 32.2. The van der Waals surface area contributed by atoms with E-state index >= 15 is 0 Å². The molecule has 0 fully saturated rings. The summed E-state index contributed by atoms with van der Waals surface area (Å²) in [4.78, 5) is 31.3. The standard InChI is InChI=1S/C6H13N3O3.C6H12N2O5S/c7-5(10)1-3-9(12)4-2-6(8)11;1-5(2-3-14(11,12)13)8-6(9)4-7-10/h12H,1-4H2,(H2,7,10)(H2,8,11);2,7,10H,3-4H2,1H3,(H,8,9)(H,11,12,13)/b;5-2+. The molecule has 0 aliphatic carbocycles. The SMILES string of the molecule is C/C(=C\CS(=O)(=O)O)NC(=O)CNO.NC(=O)CCN(O)CCC(N)=O. The zero-order valence-corrected chi connectivity index (χ0v) is 15.0. The van der Waals surface area contributed by atoms with Crippen molar-refractivity contribution >= 4 is 27.8 Å². The summed E-state index contributed by atoms with van der Waals surface area (Å²) in [5, 5.41) is 20.2. The fraction of sp³-hybridized carbons (Fsp3) is 0.583. The van der Waals surface area contributed by atoms with Gasteiger partial charge in [-0.15, -0.1) is 0 Å². The van der Waals surface area contributed by atoms with E-state index in [9.17, 15) is 22.8 Å². The molecule has 3 amide bonds. The number of allylic oxidation sites excluding steroid dienone is 1. The van der Waals surface area contributed by atoms with Gasteiger partial charge in [-0.05, 0) is 13.0 Å². The minimum atomic E-state index is -4.06. The molecule has 9 N–H and O–H groups in total. The highest BCUT2D eigenvalue weighted by Crippen LogP contribution is 1.90. The molecule has 0 aliphatic rings. The first-order valence-corrected chi connectivity index (χ1v) is 8.77. The highest BCUT2D eigenvalue weighted by Gasteiger charge is 2.04. The monoisotopic (exact) mass is 399 g/mol. The Morgan fingerprint density at radius 3 is 1.92 bits per heavy atom. The second kappa shape index (κ2) is 14.1. The first-order valence-electron chi connectivity index (χ1n) is 7.16. The number of rotatable bonds is 11. The smallest absolute Gasteiger partial charge is 0.268 e. The molecule has 0 radical (unpaired) electrons. The Labute approximate surface area is 150 Å².